The lowest BCUT2D eigenvalue weighted by Gasteiger charge is -2.15. The van der Waals surface area contributed by atoms with Gasteiger partial charge in [0, 0.05) is 6.04 Å². The van der Waals surface area contributed by atoms with Crippen molar-refractivity contribution in [2.75, 3.05) is 6.61 Å². The number of phosphoric acid groups is 1. The Labute approximate surface area is 122 Å². The molecular formula is C11H24NO8P. The molecule has 1 aliphatic heterocycles. The van der Waals surface area contributed by atoms with Crippen molar-refractivity contribution in [2.24, 2.45) is 5.73 Å². The van der Waals surface area contributed by atoms with Crippen LogP contribution in [0.1, 0.15) is 32.1 Å². The molecule has 0 bridgehead atoms. The van der Waals surface area contributed by atoms with Crippen LogP contribution in [0.15, 0.2) is 0 Å². The lowest BCUT2D eigenvalue weighted by atomic mass is 9.97. The lowest BCUT2D eigenvalue weighted by molar-refractivity contribution is -0.126. The SMILES string of the molecule is NC1CCCCC1.O=P(O)(O)O[C@H]1O[C@H](CO)[C@@H](O)[C@H]1O. The van der Waals surface area contributed by atoms with Gasteiger partial charge in [-0.25, -0.2) is 4.57 Å². The minimum absolute atomic E-state index is 0.536. The zero-order valence-electron chi connectivity index (χ0n) is 11.6. The molecule has 0 unspecified atom stereocenters. The number of rotatable bonds is 3. The van der Waals surface area contributed by atoms with Crippen molar-refractivity contribution >= 4 is 7.82 Å². The van der Waals surface area contributed by atoms with E-state index in [9.17, 15) is 4.57 Å². The maximum atomic E-state index is 10.4. The predicted molar refractivity (Wildman–Crippen MR) is 71.9 cm³/mol. The summed E-state index contributed by atoms with van der Waals surface area (Å²) in [6.07, 6.45) is 0.886. The first-order valence-corrected chi connectivity index (χ1v) is 8.39. The zero-order chi connectivity index (χ0) is 16.0. The molecule has 0 radical (unpaired) electrons. The van der Waals surface area contributed by atoms with Crippen molar-refractivity contribution < 1.29 is 38.9 Å². The van der Waals surface area contributed by atoms with Crippen LogP contribution in [0.4, 0.5) is 0 Å². The van der Waals surface area contributed by atoms with E-state index in [0.717, 1.165) is 0 Å². The molecule has 2 fully saturated rings. The van der Waals surface area contributed by atoms with Crippen molar-refractivity contribution in [2.45, 2.75) is 62.7 Å². The highest BCUT2D eigenvalue weighted by Gasteiger charge is 2.45. The van der Waals surface area contributed by atoms with E-state index in [1.165, 1.54) is 32.1 Å². The van der Waals surface area contributed by atoms with E-state index in [1.807, 2.05) is 0 Å². The van der Waals surface area contributed by atoms with E-state index in [2.05, 4.69) is 9.26 Å². The Balaban J connectivity index is 0.000000262. The molecule has 0 aromatic rings. The van der Waals surface area contributed by atoms with Crippen LogP contribution in [0, 0.1) is 0 Å². The van der Waals surface area contributed by atoms with E-state index in [0.29, 0.717) is 6.04 Å². The average molecular weight is 329 g/mol. The number of aliphatic hydroxyl groups excluding tert-OH is 3. The fourth-order valence-corrected chi connectivity index (χ4v) is 2.67. The van der Waals surface area contributed by atoms with E-state index < -0.39 is 39.0 Å². The third kappa shape index (κ3) is 6.68. The molecule has 1 saturated heterocycles. The normalized spacial score (nSPS) is 34.4. The molecule has 2 rings (SSSR count). The highest BCUT2D eigenvalue weighted by Crippen LogP contribution is 2.40. The quantitative estimate of drug-likeness (QED) is 0.349. The molecule has 0 aromatic heterocycles. The van der Waals surface area contributed by atoms with Gasteiger partial charge in [-0.05, 0) is 12.8 Å². The number of hydrogen-bond donors (Lipinski definition) is 6. The third-order valence-corrected chi connectivity index (χ3v) is 3.87. The largest absolute Gasteiger partial charge is 0.472 e. The molecule has 1 aliphatic carbocycles. The first kappa shape index (κ1) is 19.0. The van der Waals surface area contributed by atoms with Crippen LogP contribution in [0.3, 0.4) is 0 Å². The van der Waals surface area contributed by atoms with Crippen LogP contribution < -0.4 is 5.73 Å². The second-order valence-corrected chi connectivity index (χ2v) is 6.39. The van der Waals surface area contributed by atoms with Gasteiger partial charge < -0.3 is 35.6 Å². The van der Waals surface area contributed by atoms with Crippen LogP contribution in [0.2, 0.25) is 0 Å². The monoisotopic (exact) mass is 329 g/mol. The maximum absolute atomic E-state index is 10.4. The first-order chi connectivity index (χ1) is 9.74. The van der Waals surface area contributed by atoms with Crippen LogP contribution in [-0.4, -0.2) is 62.4 Å². The Kier molecular flexibility index (Phi) is 7.69. The van der Waals surface area contributed by atoms with Crippen LogP contribution in [-0.2, 0) is 13.8 Å². The molecular weight excluding hydrogens is 305 g/mol. The van der Waals surface area contributed by atoms with E-state index in [-0.39, 0.29) is 0 Å². The molecule has 21 heavy (non-hydrogen) atoms. The minimum atomic E-state index is -4.79. The van der Waals surface area contributed by atoms with Gasteiger partial charge in [0.15, 0.2) is 6.29 Å². The highest BCUT2D eigenvalue weighted by atomic mass is 31.2. The Morgan fingerprint density at radius 1 is 1.14 bits per heavy atom. The summed E-state index contributed by atoms with van der Waals surface area (Å²) in [4.78, 5) is 16.8. The molecule has 4 atom stereocenters. The molecule has 1 saturated carbocycles. The molecule has 10 heteroatoms. The van der Waals surface area contributed by atoms with Gasteiger partial charge in [-0.3, -0.25) is 4.52 Å². The number of phosphoric ester groups is 1. The second kappa shape index (κ2) is 8.52. The molecule has 9 nitrogen and oxygen atoms in total. The van der Waals surface area contributed by atoms with Crippen LogP contribution >= 0.6 is 7.82 Å². The van der Waals surface area contributed by atoms with Gasteiger partial charge in [0.25, 0.3) is 0 Å². The molecule has 0 spiro atoms. The highest BCUT2D eigenvalue weighted by molar-refractivity contribution is 7.46. The topological polar surface area (TPSA) is 163 Å². The summed E-state index contributed by atoms with van der Waals surface area (Å²) < 4.78 is 19.1. The zero-order valence-corrected chi connectivity index (χ0v) is 12.5. The van der Waals surface area contributed by atoms with Crippen molar-refractivity contribution in [1.29, 1.82) is 0 Å². The molecule has 126 valence electrons. The first-order valence-electron chi connectivity index (χ1n) is 6.86. The third-order valence-electron chi connectivity index (χ3n) is 3.39. The molecule has 0 amide bonds. The Bertz CT molecular complexity index is 345. The fourth-order valence-electron chi connectivity index (χ4n) is 2.22. The predicted octanol–water partition coefficient (Wildman–Crippen LogP) is -1.19. The summed E-state index contributed by atoms with van der Waals surface area (Å²) in [6, 6.07) is 0.536. The number of hydrogen-bond acceptors (Lipinski definition) is 7. The fraction of sp³-hybridized carbons (Fsp3) is 1.00. The van der Waals surface area contributed by atoms with Gasteiger partial charge in [-0.1, -0.05) is 19.3 Å². The Morgan fingerprint density at radius 2 is 1.71 bits per heavy atom. The van der Waals surface area contributed by atoms with Crippen molar-refractivity contribution in [1.82, 2.24) is 0 Å². The van der Waals surface area contributed by atoms with Crippen molar-refractivity contribution in [3.63, 3.8) is 0 Å². The van der Waals surface area contributed by atoms with E-state index >= 15 is 0 Å². The summed E-state index contributed by atoms with van der Waals surface area (Å²) in [6.45, 7) is -0.584. The summed E-state index contributed by atoms with van der Waals surface area (Å²) in [5.74, 6) is 0. The Morgan fingerprint density at radius 3 is 2.05 bits per heavy atom. The Hall–Kier alpha value is -0.0900. The average Bonchev–Trinajstić information content (AvgIpc) is 2.66. The maximum Gasteiger partial charge on any atom is 0.472 e. The molecule has 2 aliphatic rings. The smallest absolute Gasteiger partial charge is 0.394 e. The lowest BCUT2D eigenvalue weighted by Crippen LogP contribution is -2.34. The summed E-state index contributed by atoms with van der Waals surface area (Å²) in [5, 5.41) is 26.9. The van der Waals surface area contributed by atoms with Crippen molar-refractivity contribution in [3.05, 3.63) is 0 Å². The number of aliphatic hydroxyl groups is 3. The van der Waals surface area contributed by atoms with Crippen molar-refractivity contribution in [3.8, 4) is 0 Å². The minimum Gasteiger partial charge on any atom is -0.394 e. The van der Waals surface area contributed by atoms with Gasteiger partial charge in [-0.2, -0.15) is 0 Å². The van der Waals surface area contributed by atoms with E-state index in [1.54, 1.807) is 0 Å². The van der Waals surface area contributed by atoms with Gasteiger partial charge in [0.05, 0.1) is 6.61 Å². The van der Waals surface area contributed by atoms with Gasteiger partial charge >= 0.3 is 7.82 Å². The number of nitrogens with two attached hydrogens (primary N) is 1. The standard InChI is InChI=1S/C6H13N.C5H11O8P/c7-6-4-2-1-3-5-6;6-1-2-3(7)4(8)5(12-2)13-14(9,10)11/h6H,1-5,7H2;2-8H,1H2,(H2,9,10,11)/t;2-,3-,4-,5-/m.1/s1. The summed E-state index contributed by atoms with van der Waals surface area (Å²) >= 11 is 0. The summed E-state index contributed by atoms with van der Waals surface area (Å²) in [7, 11) is -4.79. The number of ether oxygens (including phenoxy) is 1. The second-order valence-electron chi connectivity index (χ2n) is 5.20. The van der Waals surface area contributed by atoms with Crippen LogP contribution in [0.5, 0.6) is 0 Å². The van der Waals surface area contributed by atoms with E-state index in [4.69, 9.17) is 30.8 Å². The van der Waals surface area contributed by atoms with Gasteiger partial charge in [0.1, 0.15) is 18.3 Å². The van der Waals surface area contributed by atoms with Gasteiger partial charge in [-0.15, -0.1) is 0 Å². The molecule has 1 heterocycles. The van der Waals surface area contributed by atoms with Crippen LogP contribution in [0.25, 0.3) is 0 Å². The molecule has 7 N–H and O–H groups in total. The van der Waals surface area contributed by atoms with Gasteiger partial charge in [0.2, 0.25) is 0 Å². The molecule has 0 aromatic carbocycles. The summed E-state index contributed by atoms with van der Waals surface area (Å²) in [5.41, 5.74) is 5.63.